The van der Waals surface area contributed by atoms with Crippen molar-refractivity contribution in [1.82, 2.24) is 0 Å². The van der Waals surface area contributed by atoms with Crippen LogP contribution in [0.5, 0.6) is 5.75 Å². The summed E-state index contributed by atoms with van der Waals surface area (Å²) in [5.74, 6) is 0.791. The molecular formula is C27H31NO5. The van der Waals surface area contributed by atoms with Crippen molar-refractivity contribution in [2.75, 3.05) is 19.0 Å². The van der Waals surface area contributed by atoms with Gasteiger partial charge in [0.25, 0.3) is 0 Å². The minimum atomic E-state index is -0.837. The minimum absolute atomic E-state index is 0.0621. The molecule has 1 amide bonds. The number of carbonyl (C=O) groups is 2. The van der Waals surface area contributed by atoms with Crippen LogP contribution in [0.25, 0.3) is 11.1 Å². The molecule has 1 heterocycles. The number of carbonyl (C=O) groups excluding carboxylic acids is 2. The van der Waals surface area contributed by atoms with Crippen molar-refractivity contribution >= 4 is 17.6 Å². The van der Waals surface area contributed by atoms with Crippen LogP contribution in [0.15, 0.2) is 24.3 Å². The highest BCUT2D eigenvalue weighted by atomic mass is 16.6. The van der Waals surface area contributed by atoms with Gasteiger partial charge < -0.3 is 19.5 Å². The minimum Gasteiger partial charge on any atom is -0.493 e. The number of amides is 1. The highest BCUT2D eigenvalue weighted by Crippen LogP contribution is 2.50. The topological polar surface area (TPSA) is 73.9 Å². The fraction of sp³-hybridized carbons (Fsp3) is 0.481. The van der Waals surface area contributed by atoms with Crippen molar-refractivity contribution in [2.24, 2.45) is 0 Å². The summed E-state index contributed by atoms with van der Waals surface area (Å²) in [7, 11) is 1.40. The van der Waals surface area contributed by atoms with Crippen LogP contribution in [0.2, 0.25) is 0 Å². The molecule has 5 rings (SSSR count). The zero-order chi connectivity index (χ0) is 23.1. The molecule has 6 nitrogen and oxygen atoms in total. The number of hydrogen-bond acceptors (Lipinski definition) is 5. The summed E-state index contributed by atoms with van der Waals surface area (Å²) < 4.78 is 17.3. The predicted octanol–water partition coefficient (Wildman–Crippen LogP) is 5.22. The van der Waals surface area contributed by atoms with Crippen LogP contribution in [0.4, 0.5) is 5.69 Å². The Bertz CT molecular complexity index is 1100. The van der Waals surface area contributed by atoms with E-state index in [1.807, 2.05) is 13.0 Å². The van der Waals surface area contributed by atoms with E-state index in [1.54, 1.807) is 0 Å². The van der Waals surface area contributed by atoms with Gasteiger partial charge in [-0.3, -0.25) is 4.79 Å². The third kappa shape index (κ3) is 4.49. The Morgan fingerprint density at radius 2 is 1.94 bits per heavy atom. The van der Waals surface area contributed by atoms with Gasteiger partial charge in [-0.15, -0.1) is 0 Å². The lowest BCUT2D eigenvalue weighted by Crippen LogP contribution is -2.22. The molecular weight excluding hydrogens is 418 g/mol. The summed E-state index contributed by atoms with van der Waals surface area (Å²) in [5.41, 5.74) is 6.82. The van der Waals surface area contributed by atoms with E-state index in [4.69, 9.17) is 14.2 Å². The van der Waals surface area contributed by atoms with Crippen LogP contribution >= 0.6 is 0 Å². The summed E-state index contributed by atoms with van der Waals surface area (Å²) in [6.45, 7) is 4.20. The molecule has 0 spiro atoms. The summed E-state index contributed by atoms with van der Waals surface area (Å²) in [4.78, 5) is 25.0. The molecule has 2 saturated carbocycles. The van der Waals surface area contributed by atoms with Gasteiger partial charge in [0.2, 0.25) is 5.91 Å². The lowest BCUT2D eigenvalue weighted by Gasteiger charge is -2.27. The normalized spacial score (nSPS) is 18.2. The van der Waals surface area contributed by atoms with E-state index in [9.17, 15) is 9.59 Å². The van der Waals surface area contributed by atoms with Crippen LogP contribution in [0, 0.1) is 6.92 Å². The van der Waals surface area contributed by atoms with Gasteiger partial charge in [-0.05, 0) is 97.4 Å². The highest BCUT2D eigenvalue weighted by Gasteiger charge is 2.38. The second-order valence-corrected chi connectivity index (χ2v) is 9.40. The Hall–Kier alpha value is -2.86. The number of aryl methyl sites for hydroxylation is 1. The Morgan fingerprint density at radius 1 is 1.15 bits per heavy atom. The van der Waals surface area contributed by atoms with Gasteiger partial charge >= 0.3 is 5.97 Å². The lowest BCUT2D eigenvalue weighted by atomic mass is 9.84. The Balaban J connectivity index is 1.74. The third-order valence-electron chi connectivity index (χ3n) is 6.72. The molecule has 6 heteroatoms. The van der Waals surface area contributed by atoms with Gasteiger partial charge in [-0.25, -0.2) is 4.79 Å². The molecule has 1 aliphatic heterocycles. The number of anilines is 1. The maximum Gasteiger partial charge on any atom is 0.339 e. The van der Waals surface area contributed by atoms with Gasteiger partial charge in [0.05, 0.1) is 19.8 Å². The van der Waals surface area contributed by atoms with E-state index in [2.05, 4.69) is 23.5 Å². The zero-order valence-electron chi connectivity index (χ0n) is 19.5. The van der Waals surface area contributed by atoms with E-state index >= 15 is 0 Å². The fourth-order valence-corrected chi connectivity index (χ4v) is 4.77. The Labute approximate surface area is 194 Å². The van der Waals surface area contributed by atoms with Crippen LogP contribution in [0.1, 0.15) is 73.3 Å². The summed E-state index contributed by atoms with van der Waals surface area (Å²) in [6, 6.07) is 8.41. The van der Waals surface area contributed by atoms with Crippen molar-refractivity contribution < 1.29 is 23.8 Å². The van der Waals surface area contributed by atoms with Crippen LogP contribution in [-0.4, -0.2) is 31.7 Å². The second-order valence-electron chi connectivity index (χ2n) is 9.40. The number of benzene rings is 2. The first-order valence-electron chi connectivity index (χ1n) is 11.9. The number of nitrogens with one attached hydrogen (secondary N) is 1. The molecule has 3 aliphatic rings. The van der Waals surface area contributed by atoms with Crippen molar-refractivity contribution in [3.05, 3.63) is 46.5 Å². The number of methoxy groups -OCH3 is 1. The molecule has 0 bridgehead atoms. The molecule has 1 atom stereocenters. The molecule has 2 aliphatic carbocycles. The first kappa shape index (κ1) is 22.0. The van der Waals surface area contributed by atoms with Crippen molar-refractivity contribution in [3.63, 3.8) is 0 Å². The van der Waals surface area contributed by atoms with Crippen molar-refractivity contribution in [3.8, 4) is 16.9 Å². The molecule has 2 aromatic carbocycles. The number of fused-ring (bicyclic) bond motifs is 1. The molecule has 174 valence electrons. The first-order valence-corrected chi connectivity index (χ1v) is 11.9. The number of hydrogen-bond donors (Lipinski definition) is 1. The van der Waals surface area contributed by atoms with E-state index in [1.165, 1.54) is 19.6 Å². The molecule has 2 aromatic rings. The average molecular weight is 450 g/mol. The zero-order valence-corrected chi connectivity index (χ0v) is 19.5. The summed E-state index contributed by atoms with van der Waals surface area (Å²) >= 11 is 0. The number of esters is 1. The SMILES string of the molecule is COC(=O)C(OC1CC1)c1c(C)c(NC(C)=O)cc(C2CC2)c1-c1ccc2c(c1)CCCO2. The molecule has 0 radical (unpaired) electrons. The van der Waals surface area contributed by atoms with Crippen LogP contribution < -0.4 is 10.1 Å². The van der Waals surface area contributed by atoms with Crippen LogP contribution in [0.3, 0.4) is 0 Å². The van der Waals surface area contributed by atoms with E-state index in [-0.39, 0.29) is 12.0 Å². The standard InChI is InChI=1S/C27H31NO5/c1-15-22(28-16(2)29)14-21(17-6-7-17)25(19-8-11-23-18(13-19)5-4-12-32-23)24(15)26(27(30)31-3)33-20-9-10-20/h8,11,13-14,17,20,26H,4-7,9-10,12H2,1-3H3,(H,28,29). The maximum atomic E-state index is 13.0. The largest absolute Gasteiger partial charge is 0.493 e. The van der Waals surface area contributed by atoms with E-state index < -0.39 is 12.1 Å². The van der Waals surface area contributed by atoms with Crippen molar-refractivity contribution in [2.45, 2.75) is 70.5 Å². The van der Waals surface area contributed by atoms with E-state index in [0.29, 0.717) is 5.92 Å². The lowest BCUT2D eigenvalue weighted by molar-refractivity contribution is -0.155. The third-order valence-corrected chi connectivity index (χ3v) is 6.72. The molecule has 0 aromatic heterocycles. The molecule has 0 saturated heterocycles. The number of rotatable bonds is 7. The summed E-state index contributed by atoms with van der Waals surface area (Å²) in [5, 5.41) is 2.98. The Kier molecular flexibility index (Phi) is 5.87. The predicted molar refractivity (Wildman–Crippen MR) is 126 cm³/mol. The molecule has 1 unspecified atom stereocenters. The van der Waals surface area contributed by atoms with Crippen molar-refractivity contribution in [1.29, 1.82) is 0 Å². The van der Waals surface area contributed by atoms with Gasteiger partial charge in [0.1, 0.15) is 5.75 Å². The molecule has 2 fully saturated rings. The quantitative estimate of drug-likeness (QED) is 0.587. The summed E-state index contributed by atoms with van der Waals surface area (Å²) in [6.07, 6.45) is 5.26. The number of ether oxygens (including phenoxy) is 3. The Morgan fingerprint density at radius 3 is 2.61 bits per heavy atom. The second kappa shape index (κ2) is 8.82. The smallest absolute Gasteiger partial charge is 0.339 e. The maximum absolute atomic E-state index is 13.0. The van der Waals surface area contributed by atoms with E-state index in [0.717, 1.165) is 84.4 Å². The van der Waals surface area contributed by atoms with Gasteiger partial charge in [-0.2, -0.15) is 0 Å². The highest BCUT2D eigenvalue weighted by molar-refractivity contribution is 5.93. The monoisotopic (exact) mass is 449 g/mol. The van der Waals surface area contributed by atoms with Gasteiger partial charge in [0.15, 0.2) is 6.10 Å². The molecule has 1 N–H and O–H groups in total. The van der Waals surface area contributed by atoms with Gasteiger partial charge in [-0.1, -0.05) is 6.07 Å². The average Bonchev–Trinajstić information content (AvgIpc) is 3.72. The van der Waals surface area contributed by atoms with Crippen LogP contribution in [-0.2, 0) is 25.5 Å². The first-order chi connectivity index (χ1) is 16.0. The fourth-order valence-electron chi connectivity index (χ4n) is 4.77. The van der Waals surface area contributed by atoms with Gasteiger partial charge in [0, 0.05) is 18.2 Å². The molecule has 33 heavy (non-hydrogen) atoms.